The zero-order chi connectivity index (χ0) is 32.3. The number of hydrogen-bond acceptors (Lipinski definition) is 2. The molecule has 0 N–H and O–H groups in total. The van der Waals surface area contributed by atoms with Crippen LogP contribution in [0.2, 0.25) is 0 Å². The molecule has 0 bridgehead atoms. The highest BCUT2D eigenvalue weighted by Crippen LogP contribution is 2.66. The predicted octanol–water partition coefficient (Wildman–Crippen LogP) is 13.3. The van der Waals surface area contributed by atoms with Gasteiger partial charge in [0, 0.05) is 6.42 Å². The molecule has 4 aliphatic rings. The highest BCUT2D eigenvalue weighted by atomic mass is 16.5. The number of hydrogen-bond donors (Lipinski definition) is 0. The fourth-order valence-electron chi connectivity index (χ4n) is 10.6. The molecule has 0 unspecified atom stereocenters. The van der Waals surface area contributed by atoms with Crippen molar-refractivity contribution in [3.8, 4) is 0 Å². The van der Waals surface area contributed by atoms with E-state index in [-0.39, 0.29) is 12.1 Å². The summed E-state index contributed by atoms with van der Waals surface area (Å²) in [5, 5.41) is 0. The Morgan fingerprint density at radius 2 is 1.58 bits per heavy atom. The first-order chi connectivity index (χ1) is 21.7. The second kappa shape index (κ2) is 17.7. The van der Waals surface area contributed by atoms with E-state index in [1.165, 1.54) is 121 Å². The maximum Gasteiger partial charge on any atom is 0.306 e. The number of rotatable bonds is 18. The van der Waals surface area contributed by atoms with Crippen LogP contribution in [0.1, 0.15) is 189 Å². The second-order valence-electron chi connectivity index (χ2n) is 16.7. The summed E-state index contributed by atoms with van der Waals surface area (Å²) in [6.07, 6.45) is 36.0. The van der Waals surface area contributed by atoms with Gasteiger partial charge in [-0.05, 0) is 151 Å². The fourth-order valence-corrected chi connectivity index (χ4v) is 10.6. The number of ether oxygens (including phenoxy) is 1. The summed E-state index contributed by atoms with van der Waals surface area (Å²) in [6.45, 7) is 14.6. The zero-order valence-electron chi connectivity index (χ0n) is 30.7. The standard InChI is InChI=1S/C43H72O2/c1-7-8-9-10-11-12-13-14-15-16-17-18-19-23-41(44)45-36-28-30-42(5)35(32-36)24-25-37-39-27-26-38(34(4)22-20-21-33(2)3)43(39,6)31-29-40(37)42/h12-13,21,34-36,38-39H,7-11,14-20,22-32H2,1-6H3/b13-12-/t34-,35+,36+,38-,39+,42+,43-/m1/s1. The fraction of sp³-hybridized carbons (Fsp3) is 0.837. The summed E-state index contributed by atoms with van der Waals surface area (Å²) in [7, 11) is 0. The number of esters is 1. The van der Waals surface area contributed by atoms with Gasteiger partial charge in [-0.15, -0.1) is 0 Å². The smallest absolute Gasteiger partial charge is 0.306 e. The van der Waals surface area contributed by atoms with E-state index in [1.54, 1.807) is 0 Å². The van der Waals surface area contributed by atoms with Crippen LogP contribution in [0.4, 0.5) is 0 Å². The maximum absolute atomic E-state index is 12.8. The number of allylic oxidation sites excluding steroid dienone is 6. The Bertz CT molecular complexity index is 1010. The van der Waals surface area contributed by atoms with Gasteiger partial charge in [-0.25, -0.2) is 0 Å². The molecule has 0 spiro atoms. The molecule has 0 saturated heterocycles. The molecule has 2 nitrogen and oxygen atoms in total. The van der Waals surface area contributed by atoms with Crippen molar-refractivity contribution >= 4 is 5.97 Å². The number of fused-ring (bicyclic) bond motifs is 4. The lowest BCUT2D eigenvalue weighted by Crippen LogP contribution is -2.46. The molecule has 0 aromatic carbocycles. The minimum absolute atomic E-state index is 0.0643. The summed E-state index contributed by atoms with van der Waals surface area (Å²) in [6, 6.07) is 0. The van der Waals surface area contributed by atoms with Crippen molar-refractivity contribution in [2.45, 2.75) is 195 Å². The Kier molecular flexibility index (Phi) is 14.4. The molecule has 0 heterocycles. The van der Waals surface area contributed by atoms with Gasteiger partial charge in [-0.3, -0.25) is 4.79 Å². The van der Waals surface area contributed by atoms with E-state index in [1.807, 2.05) is 11.1 Å². The molecule has 0 aromatic heterocycles. The van der Waals surface area contributed by atoms with E-state index in [9.17, 15) is 4.79 Å². The van der Waals surface area contributed by atoms with Crippen LogP contribution in [0.25, 0.3) is 0 Å². The monoisotopic (exact) mass is 621 g/mol. The summed E-state index contributed by atoms with van der Waals surface area (Å²) < 4.78 is 6.13. The van der Waals surface area contributed by atoms with Gasteiger partial charge in [0.15, 0.2) is 0 Å². The first-order valence-electron chi connectivity index (χ1n) is 19.9. The highest BCUT2D eigenvalue weighted by Gasteiger charge is 2.56. The van der Waals surface area contributed by atoms with Crippen molar-refractivity contribution in [1.29, 1.82) is 0 Å². The Morgan fingerprint density at radius 1 is 0.867 bits per heavy atom. The first kappa shape index (κ1) is 36.5. The molecule has 0 radical (unpaired) electrons. The first-order valence-corrected chi connectivity index (χ1v) is 19.9. The van der Waals surface area contributed by atoms with Crippen molar-refractivity contribution < 1.29 is 9.53 Å². The van der Waals surface area contributed by atoms with Crippen LogP contribution >= 0.6 is 0 Å². The normalized spacial score (nSPS) is 31.8. The van der Waals surface area contributed by atoms with E-state index >= 15 is 0 Å². The number of carbonyl (C=O) groups excluding carboxylic acids is 1. The molecule has 4 aliphatic carbocycles. The van der Waals surface area contributed by atoms with Crippen molar-refractivity contribution in [3.63, 3.8) is 0 Å². The van der Waals surface area contributed by atoms with E-state index in [0.717, 1.165) is 43.4 Å². The van der Waals surface area contributed by atoms with Crippen molar-refractivity contribution in [1.82, 2.24) is 0 Å². The molecule has 0 aliphatic heterocycles. The molecular weight excluding hydrogens is 548 g/mol. The molecule has 4 rings (SSSR count). The van der Waals surface area contributed by atoms with Gasteiger partial charge in [0.05, 0.1) is 0 Å². The molecule has 256 valence electrons. The molecule has 2 fully saturated rings. The van der Waals surface area contributed by atoms with Gasteiger partial charge in [-0.1, -0.05) is 101 Å². The lowest BCUT2D eigenvalue weighted by molar-refractivity contribution is -0.153. The topological polar surface area (TPSA) is 26.3 Å². The summed E-state index contributed by atoms with van der Waals surface area (Å²) in [5.41, 5.74) is 6.08. The van der Waals surface area contributed by atoms with Gasteiger partial charge < -0.3 is 4.74 Å². The van der Waals surface area contributed by atoms with Crippen LogP contribution in [0.3, 0.4) is 0 Å². The molecular formula is C43H72O2. The van der Waals surface area contributed by atoms with Gasteiger partial charge >= 0.3 is 5.97 Å². The zero-order valence-corrected chi connectivity index (χ0v) is 30.7. The number of unbranched alkanes of at least 4 members (excludes halogenated alkanes) is 9. The quantitative estimate of drug-likeness (QED) is 0.0865. The Labute approximate surface area is 279 Å². The summed E-state index contributed by atoms with van der Waals surface area (Å²) >= 11 is 0. The number of carbonyl (C=O) groups is 1. The van der Waals surface area contributed by atoms with E-state index in [2.05, 4.69) is 59.8 Å². The molecule has 0 amide bonds. The van der Waals surface area contributed by atoms with Gasteiger partial charge in [0.25, 0.3) is 0 Å². The molecule has 45 heavy (non-hydrogen) atoms. The minimum Gasteiger partial charge on any atom is -0.462 e. The maximum atomic E-state index is 12.8. The lowest BCUT2D eigenvalue weighted by Gasteiger charge is -2.55. The molecule has 0 aromatic rings. The highest BCUT2D eigenvalue weighted by molar-refractivity contribution is 5.69. The minimum atomic E-state index is 0.0643. The molecule has 7 atom stereocenters. The van der Waals surface area contributed by atoms with Crippen LogP contribution in [0, 0.1) is 34.5 Å². The van der Waals surface area contributed by atoms with E-state index < -0.39 is 0 Å². The van der Waals surface area contributed by atoms with Crippen molar-refractivity contribution in [2.24, 2.45) is 34.5 Å². The summed E-state index contributed by atoms with van der Waals surface area (Å²) in [5.74, 6) is 3.29. The SMILES string of the molecule is CCCCCC/C=C\CCCCCCCC(=O)O[C@H]1CC[C@]2(C)C3=C(CC[C@H]2C1)[C@@H]1CC[C@H]([C@H](C)CCC=C(C)C)[C@@]1(C)CC3. The summed E-state index contributed by atoms with van der Waals surface area (Å²) in [4.78, 5) is 12.8. The molecule has 2 saturated carbocycles. The molecule has 2 heteroatoms. The second-order valence-corrected chi connectivity index (χ2v) is 16.7. The van der Waals surface area contributed by atoms with Crippen LogP contribution in [0.15, 0.2) is 34.9 Å². The van der Waals surface area contributed by atoms with Gasteiger partial charge in [-0.2, -0.15) is 0 Å². The average Bonchev–Trinajstić information content (AvgIpc) is 3.37. The third kappa shape index (κ3) is 9.63. The van der Waals surface area contributed by atoms with Crippen molar-refractivity contribution in [2.75, 3.05) is 0 Å². The van der Waals surface area contributed by atoms with Crippen molar-refractivity contribution in [3.05, 3.63) is 34.9 Å². The average molecular weight is 621 g/mol. The van der Waals surface area contributed by atoms with E-state index in [4.69, 9.17) is 4.74 Å². The van der Waals surface area contributed by atoms with E-state index in [0.29, 0.717) is 23.2 Å². The Morgan fingerprint density at radius 3 is 2.31 bits per heavy atom. The van der Waals surface area contributed by atoms with Gasteiger partial charge in [0.2, 0.25) is 0 Å². The lowest BCUT2D eigenvalue weighted by atomic mass is 9.50. The Hall–Kier alpha value is -1.31. The third-order valence-electron chi connectivity index (χ3n) is 13.3. The van der Waals surface area contributed by atoms with Crippen LogP contribution in [0.5, 0.6) is 0 Å². The van der Waals surface area contributed by atoms with Crippen LogP contribution in [-0.2, 0) is 9.53 Å². The largest absolute Gasteiger partial charge is 0.462 e. The van der Waals surface area contributed by atoms with Crippen LogP contribution < -0.4 is 0 Å². The third-order valence-corrected chi connectivity index (χ3v) is 13.3. The predicted molar refractivity (Wildman–Crippen MR) is 193 cm³/mol. The Balaban J connectivity index is 1.17. The van der Waals surface area contributed by atoms with Gasteiger partial charge in [0.1, 0.15) is 6.10 Å². The van der Waals surface area contributed by atoms with Crippen LogP contribution in [-0.4, -0.2) is 12.1 Å².